The van der Waals surface area contributed by atoms with Gasteiger partial charge < -0.3 is 10.5 Å². The summed E-state index contributed by atoms with van der Waals surface area (Å²) in [5.74, 6) is 1.41. The molecule has 17 heavy (non-hydrogen) atoms. The number of nitrogens with two attached hydrogens (primary N) is 1. The first-order valence-electron chi connectivity index (χ1n) is 6.11. The van der Waals surface area contributed by atoms with Gasteiger partial charge in [-0.3, -0.25) is 4.90 Å². The molecule has 96 valence electrons. The van der Waals surface area contributed by atoms with Gasteiger partial charge in [-0.15, -0.1) is 0 Å². The molecule has 0 radical (unpaired) electrons. The highest BCUT2D eigenvalue weighted by atomic mass is 16.5. The highest BCUT2D eigenvalue weighted by Gasteiger charge is 2.15. The average molecular weight is 236 g/mol. The molecule has 2 atom stereocenters. The van der Waals surface area contributed by atoms with Crippen LogP contribution >= 0.6 is 0 Å². The number of hydrogen-bond donors (Lipinski definition) is 1. The second kappa shape index (κ2) is 6.62. The maximum absolute atomic E-state index is 5.70. The number of hydrogen-bond acceptors (Lipinski definition) is 3. The summed E-state index contributed by atoms with van der Waals surface area (Å²) in [5, 5.41) is 0. The lowest BCUT2D eigenvalue weighted by Crippen LogP contribution is -2.37. The topological polar surface area (TPSA) is 38.5 Å². The lowest BCUT2D eigenvalue weighted by molar-refractivity contribution is 0.194. The number of benzene rings is 1. The molecule has 3 heteroatoms. The van der Waals surface area contributed by atoms with Crippen LogP contribution in [0, 0.1) is 5.92 Å². The van der Waals surface area contributed by atoms with Crippen LogP contribution in [0.15, 0.2) is 24.3 Å². The van der Waals surface area contributed by atoms with Gasteiger partial charge in [0.2, 0.25) is 0 Å². The zero-order valence-electron chi connectivity index (χ0n) is 11.3. The molecule has 0 aromatic heterocycles. The van der Waals surface area contributed by atoms with Crippen LogP contribution in [0.3, 0.4) is 0 Å². The van der Waals surface area contributed by atoms with Gasteiger partial charge in [-0.05, 0) is 44.1 Å². The minimum absolute atomic E-state index is 0.488. The fourth-order valence-electron chi connectivity index (χ4n) is 1.79. The normalized spacial score (nSPS) is 14.7. The summed E-state index contributed by atoms with van der Waals surface area (Å²) in [5.41, 5.74) is 6.99. The zero-order chi connectivity index (χ0) is 12.8. The van der Waals surface area contributed by atoms with Gasteiger partial charge in [0, 0.05) is 12.6 Å². The largest absolute Gasteiger partial charge is 0.497 e. The molecule has 0 spiro atoms. The molecule has 1 aromatic carbocycles. The van der Waals surface area contributed by atoms with Crippen molar-refractivity contribution in [1.82, 2.24) is 4.90 Å². The average Bonchev–Trinajstić information content (AvgIpc) is 2.37. The highest BCUT2D eigenvalue weighted by Crippen LogP contribution is 2.15. The Morgan fingerprint density at radius 3 is 2.29 bits per heavy atom. The van der Waals surface area contributed by atoms with Crippen molar-refractivity contribution in [2.24, 2.45) is 11.7 Å². The molecule has 3 nitrogen and oxygen atoms in total. The minimum Gasteiger partial charge on any atom is -0.497 e. The Bertz CT molecular complexity index is 323. The van der Waals surface area contributed by atoms with Gasteiger partial charge in [-0.25, -0.2) is 0 Å². The van der Waals surface area contributed by atoms with E-state index >= 15 is 0 Å². The summed E-state index contributed by atoms with van der Waals surface area (Å²) in [6, 6.07) is 8.70. The first-order chi connectivity index (χ1) is 8.08. The predicted octanol–water partition coefficient (Wildman–Crippen LogP) is 2.11. The van der Waals surface area contributed by atoms with Crippen LogP contribution in [-0.2, 0) is 6.54 Å². The van der Waals surface area contributed by atoms with Crippen LogP contribution < -0.4 is 10.5 Å². The molecule has 0 aliphatic carbocycles. The lowest BCUT2D eigenvalue weighted by Gasteiger charge is -2.29. The second-order valence-corrected chi connectivity index (χ2v) is 4.72. The van der Waals surface area contributed by atoms with Crippen molar-refractivity contribution in [3.05, 3.63) is 29.8 Å². The molecule has 2 unspecified atom stereocenters. The van der Waals surface area contributed by atoms with Gasteiger partial charge in [-0.1, -0.05) is 19.1 Å². The first-order valence-corrected chi connectivity index (χ1v) is 6.11. The van der Waals surface area contributed by atoms with Crippen LogP contribution in [0.4, 0.5) is 0 Å². The summed E-state index contributed by atoms with van der Waals surface area (Å²) in [7, 11) is 3.83. The number of rotatable bonds is 6. The molecular weight excluding hydrogens is 212 g/mol. The fraction of sp³-hybridized carbons (Fsp3) is 0.571. The first kappa shape index (κ1) is 14.0. The standard InChI is InChI=1S/C14H24N2O/c1-11(9-15)12(2)16(3)10-13-5-7-14(17-4)8-6-13/h5-8,11-12H,9-10,15H2,1-4H3. The molecule has 0 heterocycles. The number of methoxy groups -OCH3 is 1. The van der Waals surface area contributed by atoms with Crippen LogP contribution in [0.2, 0.25) is 0 Å². The molecular formula is C14H24N2O. The van der Waals surface area contributed by atoms with Crippen LogP contribution in [0.1, 0.15) is 19.4 Å². The third-order valence-electron chi connectivity index (χ3n) is 3.48. The van der Waals surface area contributed by atoms with E-state index in [4.69, 9.17) is 10.5 Å². The van der Waals surface area contributed by atoms with Gasteiger partial charge in [0.05, 0.1) is 7.11 Å². The lowest BCUT2D eigenvalue weighted by atomic mass is 10.0. The minimum atomic E-state index is 0.488. The van der Waals surface area contributed by atoms with Gasteiger partial charge >= 0.3 is 0 Å². The Labute approximate surface area is 105 Å². The van der Waals surface area contributed by atoms with E-state index in [1.54, 1.807) is 7.11 Å². The summed E-state index contributed by atoms with van der Waals surface area (Å²) < 4.78 is 5.15. The maximum Gasteiger partial charge on any atom is 0.118 e. The van der Waals surface area contributed by atoms with Gasteiger partial charge in [0.15, 0.2) is 0 Å². The maximum atomic E-state index is 5.70. The van der Waals surface area contributed by atoms with Crippen molar-refractivity contribution in [2.75, 3.05) is 20.7 Å². The molecule has 2 N–H and O–H groups in total. The van der Waals surface area contributed by atoms with E-state index in [0.717, 1.165) is 18.8 Å². The number of ether oxygens (including phenoxy) is 1. The molecule has 0 fully saturated rings. The van der Waals surface area contributed by atoms with E-state index in [1.807, 2.05) is 12.1 Å². The van der Waals surface area contributed by atoms with E-state index in [2.05, 4.69) is 37.9 Å². The molecule has 1 rings (SSSR count). The van der Waals surface area contributed by atoms with E-state index in [0.29, 0.717) is 12.0 Å². The van der Waals surface area contributed by atoms with Gasteiger partial charge in [0.25, 0.3) is 0 Å². The number of nitrogens with zero attached hydrogens (tertiary/aromatic N) is 1. The van der Waals surface area contributed by atoms with Crippen LogP contribution in [-0.4, -0.2) is 31.6 Å². The summed E-state index contributed by atoms with van der Waals surface area (Å²) in [6.45, 7) is 6.08. The molecule has 1 aromatic rings. The molecule has 0 saturated heterocycles. The van der Waals surface area contributed by atoms with Crippen molar-refractivity contribution in [3.63, 3.8) is 0 Å². The van der Waals surface area contributed by atoms with Crippen LogP contribution in [0.25, 0.3) is 0 Å². The Hall–Kier alpha value is -1.06. The summed E-state index contributed by atoms with van der Waals surface area (Å²) in [4.78, 5) is 2.33. The molecule has 0 aliphatic rings. The van der Waals surface area contributed by atoms with Crippen molar-refractivity contribution in [1.29, 1.82) is 0 Å². The molecule has 0 bridgehead atoms. The molecule has 0 amide bonds. The Balaban J connectivity index is 2.57. The predicted molar refractivity (Wildman–Crippen MR) is 72.1 cm³/mol. The SMILES string of the molecule is COc1ccc(CN(C)C(C)C(C)CN)cc1. The summed E-state index contributed by atoms with van der Waals surface area (Å²) >= 11 is 0. The summed E-state index contributed by atoms with van der Waals surface area (Å²) in [6.07, 6.45) is 0. The van der Waals surface area contributed by atoms with E-state index in [9.17, 15) is 0 Å². The zero-order valence-corrected chi connectivity index (χ0v) is 11.3. The van der Waals surface area contributed by atoms with E-state index in [1.165, 1.54) is 5.56 Å². The van der Waals surface area contributed by atoms with E-state index < -0.39 is 0 Å². The van der Waals surface area contributed by atoms with Crippen molar-refractivity contribution >= 4 is 0 Å². The van der Waals surface area contributed by atoms with E-state index in [-0.39, 0.29) is 0 Å². The smallest absolute Gasteiger partial charge is 0.118 e. The third kappa shape index (κ3) is 4.02. The molecule has 0 aliphatic heterocycles. The van der Waals surface area contributed by atoms with Gasteiger partial charge in [0.1, 0.15) is 5.75 Å². The Kier molecular flexibility index (Phi) is 5.45. The third-order valence-corrected chi connectivity index (χ3v) is 3.48. The van der Waals surface area contributed by atoms with Crippen molar-refractivity contribution < 1.29 is 4.74 Å². The quantitative estimate of drug-likeness (QED) is 0.822. The van der Waals surface area contributed by atoms with Crippen molar-refractivity contribution in [2.45, 2.75) is 26.4 Å². The van der Waals surface area contributed by atoms with Crippen LogP contribution in [0.5, 0.6) is 5.75 Å². The van der Waals surface area contributed by atoms with Gasteiger partial charge in [-0.2, -0.15) is 0 Å². The monoisotopic (exact) mass is 236 g/mol. The second-order valence-electron chi connectivity index (χ2n) is 4.72. The van der Waals surface area contributed by atoms with Crippen molar-refractivity contribution in [3.8, 4) is 5.75 Å². The Morgan fingerprint density at radius 1 is 1.24 bits per heavy atom. The fourth-order valence-corrected chi connectivity index (χ4v) is 1.79. The Morgan fingerprint density at radius 2 is 1.82 bits per heavy atom. The molecule has 0 saturated carbocycles. The highest BCUT2D eigenvalue weighted by molar-refractivity contribution is 5.27.